The second-order valence-electron chi connectivity index (χ2n) is 7.66. The molecule has 2 aromatic carbocycles. The predicted molar refractivity (Wildman–Crippen MR) is 121 cm³/mol. The molecule has 3 N–H and O–H groups in total. The zero-order chi connectivity index (χ0) is 23.3. The largest absolute Gasteiger partial charge is 0.383 e. The van der Waals surface area contributed by atoms with Crippen LogP contribution >= 0.6 is 0 Å². The fourth-order valence-corrected chi connectivity index (χ4v) is 4.82. The number of halogens is 2. The number of sulfonamides is 1. The van der Waals surface area contributed by atoms with E-state index >= 15 is 0 Å². The first-order valence-electron chi connectivity index (χ1n) is 10.3. The number of carbonyl (C=O) groups excluding carboxylic acids is 1. The van der Waals surface area contributed by atoms with Gasteiger partial charge in [0, 0.05) is 18.0 Å². The number of benzene rings is 2. The maximum Gasteiger partial charge on any atom is 0.212 e. The SMILES string of the molecule is CCCS(=O)(=O)N[C@@H](Cc1ccc(F)c(F)c1)C(=O)CCc1ccc2c(N)nccc2c1. The number of nitrogens with zero attached hydrogens (tertiary/aromatic N) is 1. The first-order chi connectivity index (χ1) is 15.2. The second kappa shape index (κ2) is 10.1. The molecule has 6 nitrogen and oxygen atoms in total. The minimum absolute atomic E-state index is 0.0705. The Hall–Kier alpha value is -2.91. The molecule has 3 rings (SSSR count). The van der Waals surface area contributed by atoms with Gasteiger partial charge in [-0.15, -0.1) is 0 Å². The highest BCUT2D eigenvalue weighted by molar-refractivity contribution is 7.89. The van der Waals surface area contributed by atoms with Crippen molar-refractivity contribution >= 4 is 32.4 Å². The molecule has 3 aromatic rings. The van der Waals surface area contributed by atoms with E-state index in [0.717, 1.165) is 28.5 Å². The summed E-state index contributed by atoms with van der Waals surface area (Å²) in [7, 11) is -3.69. The Balaban J connectivity index is 1.77. The van der Waals surface area contributed by atoms with Crippen molar-refractivity contribution in [3.8, 4) is 0 Å². The molecule has 0 radical (unpaired) electrons. The van der Waals surface area contributed by atoms with Gasteiger partial charge in [-0.2, -0.15) is 0 Å². The van der Waals surface area contributed by atoms with E-state index < -0.39 is 27.7 Å². The average molecular weight is 462 g/mol. The highest BCUT2D eigenvalue weighted by atomic mass is 32.2. The molecule has 0 saturated carbocycles. The van der Waals surface area contributed by atoms with E-state index in [2.05, 4.69) is 9.71 Å². The number of aryl methyl sites for hydroxylation is 1. The predicted octanol–water partition coefficient (Wildman–Crippen LogP) is 3.54. The number of nitrogens with one attached hydrogen (secondary N) is 1. The van der Waals surface area contributed by atoms with Crippen LogP contribution in [0.25, 0.3) is 10.8 Å². The van der Waals surface area contributed by atoms with Gasteiger partial charge < -0.3 is 5.73 Å². The van der Waals surface area contributed by atoms with Gasteiger partial charge in [-0.3, -0.25) is 4.79 Å². The van der Waals surface area contributed by atoms with Crippen LogP contribution in [-0.2, 0) is 27.7 Å². The van der Waals surface area contributed by atoms with E-state index in [0.29, 0.717) is 24.2 Å². The number of hydrogen-bond donors (Lipinski definition) is 2. The number of aromatic nitrogens is 1. The zero-order valence-electron chi connectivity index (χ0n) is 17.6. The van der Waals surface area contributed by atoms with Crippen molar-refractivity contribution < 1.29 is 22.0 Å². The van der Waals surface area contributed by atoms with Gasteiger partial charge in [-0.25, -0.2) is 26.9 Å². The smallest absolute Gasteiger partial charge is 0.212 e. The summed E-state index contributed by atoms with van der Waals surface area (Å²) in [5.74, 6) is -2.09. The van der Waals surface area contributed by atoms with Gasteiger partial charge in [-0.1, -0.05) is 31.2 Å². The van der Waals surface area contributed by atoms with E-state index in [1.165, 1.54) is 6.07 Å². The van der Waals surface area contributed by atoms with Crippen LogP contribution in [0.15, 0.2) is 48.7 Å². The number of hydrogen-bond acceptors (Lipinski definition) is 5. The van der Waals surface area contributed by atoms with Gasteiger partial charge in [0.05, 0.1) is 11.8 Å². The molecule has 0 aliphatic carbocycles. The fourth-order valence-electron chi connectivity index (χ4n) is 3.52. The molecular formula is C23H25F2N3O3S. The van der Waals surface area contributed by atoms with E-state index in [1.54, 1.807) is 13.1 Å². The molecule has 1 heterocycles. The summed E-state index contributed by atoms with van der Waals surface area (Å²) in [6.07, 6.45) is 2.39. The average Bonchev–Trinajstić information content (AvgIpc) is 2.74. The molecule has 0 unspecified atom stereocenters. The zero-order valence-corrected chi connectivity index (χ0v) is 18.5. The summed E-state index contributed by atoms with van der Waals surface area (Å²) in [6, 6.07) is 9.62. The molecule has 1 aromatic heterocycles. The van der Waals surface area contributed by atoms with Gasteiger partial charge in [0.25, 0.3) is 0 Å². The first-order valence-corrected chi connectivity index (χ1v) is 11.9. The standard InChI is InChI=1S/C23H25F2N3O3S/c1-2-11-32(30,31)28-21(14-16-4-7-19(24)20(25)13-16)22(29)8-5-15-3-6-18-17(12-15)9-10-27-23(18)26/h3-4,6-7,9-10,12-13,21,28H,2,5,8,11,14H2,1H3,(H2,26,27)/t21-/m0/s1. The summed E-state index contributed by atoms with van der Waals surface area (Å²) < 4.78 is 53.9. The van der Waals surface area contributed by atoms with Crippen molar-refractivity contribution in [2.75, 3.05) is 11.5 Å². The minimum atomic E-state index is -3.69. The van der Waals surface area contributed by atoms with Crippen LogP contribution in [0.3, 0.4) is 0 Å². The molecule has 0 fully saturated rings. The normalized spacial score (nSPS) is 12.7. The van der Waals surface area contributed by atoms with E-state index in [1.807, 2.05) is 24.3 Å². The van der Waals surface area contributed by atoms with Crippen LogP contribution in [-0.4, -0.2) is 31.0 Å². The molecule has 0 amide bonds. The third-order valence-corrected chi connectivity index (χ3v) is 6.72. The molecule has 0 spiro atoms. The minimum Gasteiger partial charge on any atom is -0.383 e. The van der Waals surface area contributed by atoms with Crippen LogP contribution in [0.2, 0.25) is 0 Å². The third-order valence-electron chi connectivity index (χ3n) is 5.13. The summed E-state index contributed by atoms with van der Waals surface area (Å²) >= 11 is 0. The monoisotopic (exact) mass is 461 g/mol. The summed E-state index contributed by atoms with van der Waals surface area (Å²) in [5.41, 5.74) is 7.08. The van der Waals surface area contributed by atoms with Gasteiger partial charge in [0.1, 0.15) is 5.82 Å². The molecule has 32 heavy (non-hydrogen) atoms. The van der Waals surface area contributed by atoms with Crippen LogP contribution < -0.4 is 10.5 Å². The summed E-state index contributed by atoms with van der Waals surface area (Å²) in [5, 5.41) is 1.70. The lowest BCUT2D eigenvalue weighted by Crippen LogP contribution is -2.43. The Labute approximate surface area is 185 Å². The number of nitrogen functional groups attached to an aromatic ring is 1. The van der Waals surface area contributed by atoms with Crippen molar-refractivity contribution in [1.82, 2.24) is 9.71 Å². The Morgan fingerprint density at radius 1 is 1.09 bits per heavy atom. The lowest BCUT2D eigenvalue weighted by atomic mass is 9.97. The molecule has 1 atom stereocenters. The fraction of sp³-hybridized carbons (Fsp3) is 0.304. The number of Topliss-reactive ketones (excluding diaryl/α,β-unsaturated/α-hetero) is 1. The van der Waals surface area contributed by atoms with Crippen molar-refractivity contribution in [2.45, 2.75) is 38.6 Å². The Morgan fingerprint density at radius 3 is 2.56 bits per heavy atom. The van der Waals surface area contributed by atoms with Gasteiger partial charge >= 0.3 is 0 Å². The summed E-state index contributed by atoms with van der Waals surface area (Å²) in [6.45, 7) is 1.72. The Morgan fingerprint density at radius 2 is 1.84 bits per heavy atom. The molecule has 0 bridgehead atoms. The molecule has 170 valence electrons. The lowest BCUT2D eigenvalue weighted by Gasteiger charge is -2.18. The van der Waals surface area contributed by atoms with E-state index in [4.69, 9.17) is 5.73 Å². The van der Waals surface area contributed by atoms with Crippen molar-refractivity contribution in [3.05, 3.63) is 71.4 Å². The van der Waals surface area contributed by atoms with Crippen molar-refractivity contribution in [2.24, 2.45) is 0 Å². The second-order valence-corrected chi connectivity index (χ2v) is 9.53. The van der Waals surface area contributed by atoms with Crippen LogP contribution in [0.4, 0.5) is 14.6 Å². The van der Waals surface area contributed by atoms with Crippen LogP contribution in [0.1, 0.15) is 30.9 Å². The van der Waals surface area contributed by atoms with Crippen LogP contribution in [0, 0.1) is 11.6 Å². The van der Waals surface area contributed by atoms with Crippen molar-refractivity contribution in [1.29, 1.82) is 0 Å². The maximum absolute atomic E-state index is 13.6. The number of fused-ring (bicyclic) bond motifs is 1. The van der Waals surface area contributed by atoms with Gasteiger partial charge in [0.15, 0.2) is 17.4 Å². The number of anilines is 1. The number of carbonyl (C=O) groups is 1. The van der Waals surface area contributed by atoms with E-state index in [9.17, 15) is 22.0 Å². The molecule has 0 saturated heterocycles. The third kappa shape index (κ3) is 6.08. The highest BCUT2D eigenvalue weighted by Crippen LogP contribution is 2.21. The lowest BCUT2D eigenvalue weighted by molar-refractivity contribution is -0.120. The van der Waals surface area contributed by atoms with Gasteiger partial charge in [0.2, 0.25) is 10.0 Å². The number of pyridine rings is 1. The summed E-state index contributed by atoms with van der Waals surface area (Å²) in [4.78, 5) is 17.0. The number of rotatable bonds is 10. The van der Waals surface area contributed by atoms with E-state index in [-0.39, 0.29) is 24.4 Å². The topological polar surface area (TPSA) is 102 Å². The maximum atomic E-state index is 13.6. The Kier molecular flexibility index (Phi) is 7.52. The Bertz CT molecular complexity index is 1230. The molecule has 9 heteroatoms. The molecule has 0 aliphatic heterocycles. The first kappa shape index (κ1) is 23.7. The van der Waals surface area contributed by atoms with Gasteiger partial charge in [-0.05, 0) is 54.0 Å². The van der Waals surface area contributed by atoms with Crippen molar-refractivity contribution in [3.63, 3.8) is 0 Å². The number of nitrogens with two attached hydrogens (primary N) is 1. The number of ketones is 1. The molecular weight excluding hydrogens is 436 g/mol. The quantitative estimate of drug-likeness (QED) is 0.481. The van der Waals surface area contributed by atoms with Crippen LogP contribution in [0.5, 0.6) is 0 Å². The highest BCUT2D eigenvalue weighted by Gasteiger charge is 2.24. The molecule has 0 aliphatic rings.